The van der Waals surface area contributed by atoms with E-state index in [1.165, 1.54) is 39.7 Å². The summed E-state index contributed by atoms with van der Waals surface area (Å²) in [6.45, 7) is -0.375. The van der Waals surface area contributed by atoms with Gasteiger partial charge in [0.1, 0.15) is 12.4 Å². The largest absolute Gasteiger partial charge is 0.332 e. The minimum Gasteiger partial charge on any atom is -0.325 e. The Morgan fingerprint density at radius 3 is 2.42 bits per heavy atom. The van der Waals surface area contributed by atoms with E-state index < -0.39 is 23.0 Å². The standard InChI is InChI=1S/C21H17BrFN5O3/c1-26-11-17-19(25-26)20(30)28(10-13-2-6-15(23)7-3-13)21(31)27(17)12-18(29)24-16-8-4-14(22)5-9-16/h2-9,11H,10,12H2,1H3,(H,24,29). The summed E-state index contributed by atoms with van der Waals surface area (Å²) in [5.74, 6) is -0.847. The second kappa shape index (κ2) is 8.31. The monoisotopic (exact) mass is 485 g/mol. The van der Waals surface area contributed by atoms with Crippen molar-refractivity contribution in [3.05, 3.63) is 91.4 Å². The first-order valence-electron chi connectivity index (χ1n) is 9.28. The van der Waals surface area contributed by atoms with Crippen molar-refractivity contribution in [2.75, 3.05) is 5.32 Å². The highest BCUT2D eigenvalue weighted by atomic mass is 79.9. The zero-order valence-corrected chi connectivity index (χ0v) is 18.0. The van der Waals surface area contributed by atoms with E-state index in [0.717, 1.165) is 9.04 Å². The van der Waals surface area contributed by atoms with Crippen LogP contribution in [-0.4, -0.2) is 24.8 Å². The summed E-state index contributed by atoms with van der Waals surface area (Å²) >= 11 is 3.33. The number of hydrogen-bond donors (Lipinski definition) is 1. The summed E-state index contributed by atoms with van der Waals surface area (Å²) in [6, 6.07) is 12.5. The number of aryl methyl sites for hydroxylation is 1. The molecule has 4 rings (SSSR count). The number of hydrogen-bond acceptors (Lipinski definition) is 4. The molecule has 0 bridgehead atoms. The molecule has 1 amide bonds. The summed E-state index contributed by atoms with van der Waals surface area (Å²) in [4.78, 5) is 38.7. The predicted molar refractivity (Wildman–Crippen MR) is 118 cm³/mol. The number of aromatic nitrogens is 4. The first-order valence-corrected chi connectivity index (χ1v) is 10.1. The molecule has 0 spiro atoms. The van der Waals surface area contributed by atoms with Gasteiger partial charge in [0.2, 0.25) is 5.91 Å². The van der Waals surface area contributed by atoms with E-state index in [4.69, 9.17) is 0 Å². The van der Waals surface area contributed by atoms with Gasteiger partial charge in [-0.1, -0.05) is 28.1 Å². The SMILES string of the molecule is Cn1cc2c(n1)c(=O)n(Cc1ccc(F)cc1)c(=O)n2CC(=O)Nc1ccc(Br)cc1. The van der Waals surface area contributed by atoms with Crippen LogP contribution in [0.25, 0.3) is 11.0 Å². The van der Waals surface area contributed by atoms with Gasteiger partial charge in [-0.2, -0.15) is 5.10 Å². The van der Waals surface area contributed by atoms with Gasteiger partial charge in [0.25, 0.3) is 5.56 Å². The number of fused-ring (bicyclic) bond motifs is 1. The predicted octanol–water partition coefficient (Wildman–Crippen LogP) is 2.49. The fourth-order valence-corrected chi connectivity index (χ4v) is 3.50. The number of benzene rings is 2. The lowest BCUT2D eigenvalue weighted by Crippen LogP contribution is -2.41. The molecule has 2 aromatic carbocycles. The molecule has 2 aromatic heterocycles. The van der Waals surface area contributed by atoms with E-state index >= 15 is 0 Å². The summed E-state index contributed by atoms with van der Waals surface area (Å²) < 4.78 is 17.7. The maximum atomic E-state index is 13.2. The average molecular weight is 486 g/mol. The van der Waals surface area contributed by atoms with Gasteiger partial charge >= 0.3 is 5.69 Å². The lowest BCUT2D eigenvalue weighted by atomic mass is 10.2. The molecular formula is C21H17BrFN5O3. The smallest absolute Gasteiger partial charge is 0.325 e. The quantitative estimate of drug-likeness (QED) is 0.470. The Hall–Kier alpha value is -3.53. The molecule has 0 atom stereocenters. The van der Waals surface area contributed by atoms with Crippen molar-refractivity contribution >= 4 is 38.6 Å². The maximum Gasteiger partial charge on any atom is 0.332 e. The Labute approximate surface area is 183 Å². The van der Waals surface area contributed by atoms with Crippen molar-refractivity contribution in [1.29, 1.82) is 0 Å². The molecule has 2 heterocycles. The normalized spacial score (nSPS) is 11.1. The van der Waals surface area contributed by atoms with Crippen LogP contribution in [0.4, 0.5) is 10.1 Å². The molecule has 8 nitrogen and oxygen atoms in total. The van der Waals surface area contributed by atoms with Crippen LogP contribution in [0.15, 0.2) is 68.8 Å². The summed E-state index contributed by atoms with van der Waals surface area (Å²) in [5, 5.41) is 6.89. The first-order chi connectivity index (χ1) is 14.8. The van der Waals surface area contributed by atoms with Crippen LogP contribution in [0.3, 0.4) is 0 Å². The molecular weight excluding hydrogens is 469 g/mol. The molecule has 0 saturated carbocycles. The van der Waals surface area contributed by atoms with Crippen LogP contribution in [0.2, 0.25) is 0 Å². The van der Waals surface area contributed by atoms with Crippen molar-refractivity contribution < 1.29 is 9.18 Å². The lowest BCUT2D eigenvalue weighted by molar-refractivity contribution is -0.116. The van der Waals surface area contributed by atoms with E-state index in [-0.39, 0.29) is 24.1 Å². The second-order valence-electron chi connectivity index (χ2n) is 6.98. The molecule has 0 fully saturated rings. The number of rotatable bonds is 5. The fraction of sp³-hybridized carbons (Fsp3) is 0.143. The summed E-state index contributed by atoms with van der Waals surface area (Å²) in [6.07, 6.45) is 1.52. The van der Waals surface area contributed by atoms with Crippen molar-refractivity contribution in [2.24, 2.45) is 7.05 Å². The summed E-state index contributed by atoms with van der Waals surface area (Å²) in [5.41, 5.74) is 0.250. The zero-order valence-electron chi connectivity index (χ0n) is 16.4. The molecule has 0 radical (unpaired) electrons. The van der Waals surface area contributed by atoms with Crippen LogP contribution in [0, 0.1) is 5.82 Å². The van der Waals surface area contributed by atoms with Crippen molar-refractivity contribution in [3.8, 4) is 0 Å². The fourth-order valence-electron chi connectivity index (χ4n) is 3.23. The molecule has 0 aliphatic rings. The molecule has 0 unspecified atom stereocenters. The maximum absolute atomic E-state index is 13.2. The van der Waals surface area contributed by atoms with Crippen LogP contribution in [0.1, 0.15) is 5.56 Å². The molecule has 4 aromatic rings. The highest BCUT2D eigenvalue weighted by Crippen LogP contribution is 2.14. The van der Waals surface area contributed by atoms with E-state index in [0.29, 0.717) is 11.3 Å². The van der Waals surface area contributed by atoms with Crippen LogP contribution < -0.4 is 16.6 Å². The second-order valence-corrected chi connectivity index (χ2v) is 7.89. The highest BCUT2D eigenvalue weighted by molar-refractivity contribution is 9.10. The number of halogens is 2. The van der Waals surface area contributed by atoms with Crippen LogP contribution in [0.5, 0.6) is 0 Å². The van der Waals surface area contributed by atoms with Crippen molar-refractivity contribution in [2.45, 2.75) is 13.1 Å². The lowest BCUT2D eigenvalue weighted by Gasteiger charge is -2.12. The first kappa shape index (κ1) is 20.7. The number of anilines is 1. The van der Waals surface area contributed by atoms with Gasteiger partial charge in [-0.15, -0.1) is 0 Å². The van der Waals surface area contributed by atoms with Gasteiger partial charge in [-0.05, 0) is 42.0 Å². The Kier molecular flexibility index (Phi) is 5.55. The third kappa shape index (κ3) is 4.33. The third-order valence-electron chi connectivity index (χ3n) is 4.69. The molecule has 0 aliphatic carbocycles. The Morgan fingerprint density at radius 1 is 1.06 bits per heavy atom. The molecule has 31 heavy (non-hydrogen) atoms. The minimum atomic E-state index is -0.652. The number of carbonyl (C=O) groups is 1. The molecule has 158 valence electrons. The van der Waals surface area contributed by atoms with Gasteiger partial charge < -0.3 is 5.32 Å². The van der Waals surface area contributed by atoms with Gasteiger partial charge in [0.05, 0.1) is 12.1 Å². The molecule has 0 saturated heterocycles. The average Bonchev–Trinajstić information content (AvgIpc) is 3.13. The van der Waals surface area contributed by atoms with Crippen LogP contribution in [-0.2, 0) is 24.9 Å². The van der Waals surface area contributed by atoms with Crippen molar-refractivity contribution in [1.82, 2.24) is 18.9 Å². The molecule has 10 heteroatoms. The number of carbonyl (C=O) groups excluding carboxylic acids is 1. The third-order valence-corrected chi connectivity index (χ3v) is 5.22. The Balaban J connectivity index is 1.74. The number of amides is 1. The van der Waals surface area contributed by atoms with E-state index in [9.17, 15) is 18.8 Å². The van der Waals surface area contributed by atoms with Gasteiger partial charge in [-0.25, -0.2) is 9.18 Å². The van der Waals surface area contributed by atoms with Crippen LogP contribution >= 0.6 is 15.9 Å². The zero-order chi connectivity index (χ0) is 22.1. The van der Waals surface area contributed by atoms with Crippen molar-refractivity contribution in [3.63, 3.8) is 0 Å². The van der Waals surface area contributed by atoms with Gasteiger partial charge in [-0.3, -0.25) is 23.4 Å². The number of nitrogens with one attached hydrogen (secondary N) is 1. The Bertz CT molecular complexity index is 1390. The Morgan fingerprint density at radius 2 is 1.74 bits per heavy atom. The molecule has 1 N–H and O–H groups in total. The number of nitrogens with zero attached hydrogens (tertiary/aromatic N) is 4. The minimum absolute atomic E-state index is 0.0700. The van der Waals surface area contributed by atoms with E-state index in [1.807, 2.05) is 0 Å². The van der Waals surface area contributed by atoms with Gasteiger partial charge in [0, 0.05) is 23.4 Å². The topological polar surface area (TPSA) is 90.9 Å². The highest BCUT2D eigenvalue weighted by Gasteiger charge is 2.18. The van der Waals surface area contributed by atoms with Gasteiger partial charge in [0.15, 0.2) is 5.52 Å². The van der Waals surface area contributed by atoms with E-state index in [2.05, 4.69) is 26.3 Å². The molecule has 0 aliphatic heterocycles. The van der Waals surface area contributed by atoms with E-state index in [1.54, 1.807) is 31.3 Å². The summed E-state index contributed by atoms with van der Waals surface area (Å²) in [7, 11) is 1.63.